The fourth-order valence-corrected chi connectivity index (χ4v) is 3.20. The molecule has 0 saturated heterocycles. The van der Waals surface area contributed by atoms with Gasteiger partial charge in [0.05, 0.1) is 10.5 Å². The van der Waals surface area contributed by atoms with E-state index in [0.717, 1.165) is 9.87 Å². The molecule has 2 aromatic rings. The Morgan fingerprint density at radius 1 is 1.04 bits per heavy atom. The topological polar surface area (TPSA) is 72.9 Å². The molecule has 0 spiro atoms. The third kappa shape index (κ3) is 4.83. The number of benzene rings is 2. The number of aryl methyl sites for hydroxylation is 2. The number of carbonyl (C=O) groups excluding carboxylic acids is 1. The Morgan fingerprint density at radius 2 is 1.77 bits per heavy atom. The molecular weight excluding hydrogens is 354 g/mol. The van der Waals surface area contributed by atoms with Crippen LogP contribution in [0.1, 0.15) is 21.5 Å². The number of nitrogens with zero attached hydrogens (tertiary/aromatic N) is 1. The molecular formula is C19H23NO5S. The summed E-state index contributed by atoms with van der Waals surface area (Å²) in [4.78, 5) is 12.3. The van der Waals surface area contributed by atoms with Gasteiger partial charge < -0.3 is 9.47 Å². The van der Waals surface area contributed by atoms with Gasteiger partial charge in [-0.05, 0) is 49.2 Å². The van der Waals surface area contributed by atoms with Crippen molar-refractivity contribution in [3.63, 3.8) is 0 Å². The SMILES string of the molecule is Cc1cccc(OCCOC(=O)c2cc(S(=O)(=O)N(C)C)ccc2C)c1. The molecule has 0 heterocycles. The average molecular weight is 377 g/mol. The highest BCUT2D eigenvalue weighted by Crippen LogP contribution is 2.19. The van der Waals surface area contributed by atoms with Crippen molar-refractivity contribution >= 4 is 16.0 Å². The van der Waals surface area contributed by atoms with Crippen molar-refractivity contribution in [3.8, 4) is 5.75 Å². The van der Waals surface area contributed by atoms with Gasteiger partial charge in [-0.1, -0.05) is 18.2 Å². The van der Waals surface area contributed by atoms with E-state index in [2.05, 4.69) is 0 Å². The average Bonchev–Trinajstić information content (AvgIpc) is 2.58. The van der Waals surface area contributed by atoms with E-state index in [9.17, 15) is 13.2 Å². The minimum atomic E-state index is -3.61. The number of ether oxygens (including phenoxy) is 2. The second-order valence-electron chi connectivity index (χ2n) is 6.07. The molecule has 26 heavy (non-hydrogen) atoms. The van der Waals surface area contributed by atoms with Crippen LogP contribution in [-0.2, 0) is 14.8 Å². The lowest BCUT2D eigenvalue weighted by atomic mass is 10.1. The van der Waals surface area contributed by atoms with Crippen molar-refractivity contribution in [1.29, 1.82) is 0 Å². The lowest BCUT2D eigenvalue weighted by molar-refractivity contribution is 0.0449. The van der Waals surface area contributed by atoms with Gasteiger partial charge in [0.2, 0.25) is 10.0 Å². The van der Waals surface area contributed by atoms with Crippen molar-refractivity contribution in [2.75, 3.05) is 27.3 Å². The smallest absolute Gasteiger partial charge is 0.338 e. The van der Waals surface area contributed by atoms with Crippen LogP contribution in [0.25, 0.3) is 0 Å². The molecule has 0 atom stereocenters. The molecule has 0 radical (unpaired) electrons. The number of carbonyl (C=O) groups is 1. The molecule has 0 N–H and O–H groups in total. The minimum Gasteiger partial charge on any atom is -0.490 e. The molecule has 0 amide bonds. The monoisotopic (exact) mass is 377 g/mol. The number of hydrogen-bond donors (Lipinski definition) is 0. The minimum absolute atomic E-state index is 0.0519. The van der Waals surface area contributed by atoms with Gasteiger partial charge in [0.1, 0.15) is 19.0 Å². The summed E-state index contributed by atoms with van der Waals surface area (Å²) in [5, 5.41) is 0. The second-order valence-corrected chi connectivity index (χ2v) is 8.22. The van der Waals surface area contributed by atoms with Crippen LogP contribution in [0.3, 0.4) is 0 Å². The first kappa shape index (κ1) is 19.9. The van der Waals surface area contributed by atoms with Gasteiger partial charge in [-0.2, -0.15) is 0 Å². The van der Waals surface area contributed by atoms with E-state index in [-0.39, 0.29) is 23.7 Å². The summed E-state index contributed by atoms with van der Waals surface area (Å²) in [5.41, 5.74) is 1.95. The summed E-state index contributed by atoms with van der Waals surface area (Å²) >= 11 is 0. The maximum atomic E-state index is 12.3. The Balaban J connectivity index is 2.01. The van der Waals surface area contributed by atoms with Crippen LogP contribution < -0.4 is 4.74 Å². The van der Waals surface area contributed by atoms with Crippen molar-refractivity contribution in [1.82, 2.24) is 4.31 Å². The highest BCUT2D eigenvalue weighted by Gasteiger charge is 2.20. The highest BCUT2D eigenvalue weighted by molar-refractivity contribution is 7.89. The molecule has 0 bridgehead atoms. The summed E-state index contributed by atoms with van der Waals surface area (Å²) in [5.74, 6) is 0.127. The van der Waals surface area contributed by atoms with Gasteiger partial charge in [-0.15, -0.1) is 0 Å². The Hall–Kier alpha value is -2.38. The van der Waals surface area contributed by atoms with Crippen LogP contribution >= 0.6 is 0 Å². The third-order valence-electron chi connectivity index (χ3n) is 3.78. The van der Waals surface area contributed by atoms with Crippen LogP contribution in [0.5, 0.6) is 5.75 Å². The molecule has 6 nitrogen and oxygen atoms in total. The molecule has 0 aliphatic rings. The van der Waals surface area contributed by atoms with E-state index in [1.807, 2.05) is 31.2 Å². The molecule has 0 aliphatic carbocycles. The van der Waals surface area contributed by atoms with E-state index in [0.29, 0.717) is 11.3 Å². The molecule has 0 aliphatic heterocycles. The first-order chi connectivity index (χ1) is 12.2. The van der Waals surface area contributed by atoms with Gasteiger partial charge in [0, 0.05) is 14.1 Å². The van der Waals surface area contributed by atoms with Crippen molar-refractivity contribution in [2.24, 2.45) is 0 Å². The molecule has 2 rings (SSSR count). The van der Waals surface area contributed by atoms with E-state index in [1.54, 1.807) is 13.0 Å². The van der Waals surface area contributed by atoms with E-state index < -0.39 is 16.0 Å². The van der Waals surface area contributed by atoms with Gasteiger partial charge in [0.25, 0.3) is 0 Å². The van der Waals surface area contributed by atoms with Crippen LogP contribution in [0.15, 0.2) is 47.4 Å². The summed E-state index contributed by atoms with van der Waals surface area (Å²) in [7, 11) is -0.734. The number of esters is 1. The Morgan fingerprint density at radius 3 is 2.42 bits per heavy atom. The van der Waals surface area contributed by atoms with E-state index in [4.69, 9.17) is 9.47 Å². The predicted molar refractivity (Wildman–Crippen MR) is 99.0 cm³/mol. The van der Waals surface area contributed by atoms with E-state index in [1.165, 1.54) is 26.2 Å². The van der Waals surface area contributed by atoms with Gasteiger partial charge in [-0.3, -0.25) is 0 Å². The lowest BCUT2D eigenvalue weighted by Gasteiger charge is -2.13. The fourth-order valence-electron chi connectivity index (χ4n) is 2.27. The Labute approximate surface area is 154 Å². The number of sulfonamides is 1. The van der Waals surface area contributed by atoms with Crippen LogP contribution in [0, 0.1) is 13.8 Å². The standard InChI is InChI=1S/C19H23NO5S/c1-14-6-5-7-16(12-14)24-10-11-25-19(21)18-13-17(9-8-15(18)2)26(22,23)20(3)4/h5-9,12-13H,10-11H2,1-4H3. The normalized spacial score (nSPS) is 11.4. The van der Waals surface area contributed by atoms with Crippen LogP contribution in [0.2, 0.25) is 0 Å². The maximum Gasteiger partial charge on any atom is 0.338 e. The van der Waals surface area contributed by atoms with Crippen LogP contribution in [0.4, 0.5) is 0 Å². The van der Waals surface area contributed by atoms with Gasteiger partial charge >= 0.3 is 5.97 Å². The van der Waals surface area contributed by atoms with Crippen molar-refractivity contribution in [3.05, 3.63) is 59.2 Å². The Kier molecular flexibility index (Phi) is 6.39. The zero-order valence-corrected chi connectivity index (χ0v) is 16.2. The van der Waals surface area contributed by atoms with Gasteiger partial charge in [-0.25, -0.2) is 17.5 Å². The number of hydrogen-bond acceptors (Lipinski definition) is 5. The van der Waals surface area contributed by atoms with Crippen LogP contribution in [-0.4, -0.2) is 46.0 Å². The number of rotatable bonds is 7. The summed E-state index contributed by atoms with van der Waals surface area (Å²) in [6.07, 6.45) is 0. The summed E-state index contributed by atoms with van der Waals surface area (Å²) in [6, 6.07) is 12.0. The van der Waals surface area contributed by atoms with Gasteiger partial charge in [0.15, 0.2) is 0 Å². The molecule has 140 valence electrons. The molecule has 0 unspecified atom stereocenters. The maximum absolute atomic E-state index is 12.3. The van der Waals surface area contributed by atoms with Crippen molar-refractivity contribution in [2.45, 2.75) is 18.7 Å². The fraction of sp³-hybridized carbons (Fsp3) is 0.316. The third-order valence-corrected chi connectivity index (χ3v) is 5.59. The first-order valence-corrected chi connectivity index (χ1v) is 9.55. The largest absolute Gasteiger partial charge is 0.490 e. The second kappa shape index (κ2) is 8.33. The quantitative estimate of drug-likeness (QED) is 0.548. The molecule has 0 saturated carbocycles. The summed E-state index contributed by atoms with van der Waals surface area (Å²) in [6.45, 7) is 3.97. The molecule has 0 fully saturated rings. The molecule has 2 aromatic carbocycles. The summed E-state index contributed by atoms with van der Waals surface area (Å²) < 4.78 is 36.3. The zero-order chi connectivity index (χ0) is 19.3. The predicted octanol–water partition coefficient (Wildman–Crippen LogP) is 2.79. The zero-order valence-electron chi connectivity index (χ0n) is 15.4. The Bertz CT molecular complexity index is 891. The van der Waals surface area contributed by atoms with E-state index >= 15 is 0 Å². The first-order valence-electron chi connectivity index (χ1n) is 8.11. The highest BCUT2D eigenvalue weighted by atomic mass is 32.2. The molecule has 0 aromatic heterocycles. The lowest BCUT2D eigenvalue weighted by Crippen LogP contribution is -2.23. The van der Waals surface area contributed by atoms with Crippen molar-refractivity contribution < 1.29 is 22.7 Å². The molecule has 7 heteroatoms.